The average Bonchev–Trinajstić information content (AvgIpc) is 2.86. The Kier molecular flexibility index (Phi) is 4.35. The van der Waals surface area contributed by atoms with Crippen molar-refractivity contribution in [2.24, 2.45) is 0 Å². The molecule has 1 heterocycles. The van der Waals surface area contributed by atoms with Crippen LogP contribution in [0.4, 0.5) is 16.0 Å². The lowest BCUT2D eigenvalue weighted by molar-refractivity contribution is 0.188. The van der Waals surface area contributed by atoms with E-state index >= 15 is 0 Å². The van der Waals surface area contributed by atoms with Gasteiger partial charge in [-0.3, -0.25) is 0 Å². The molecule has 0 fully saturated rings. The van der Waals surface area contributed by atoms with Crippen LogP contribution in [-0.2, 0) is 11.3 Å². The third-order valence-electron chi connectivity index (χ3n) is 2.66. The van der Waals surface area contributed by atoms with Crippen LogP contribution in [0.5, 0.6) is 5.75 Å². The Bertz CT molecular complexity index is 542. The van der Waals surface area contributed by atoms with E-state index in [1.807, 2.05) is 10.8 Å². The van der Waals surface area contributed by atoms with Crippen molar-refractivity contribution >= 4 is 11.6 Å². The molecule has 5 nitrogen and oxygen atoms in total. The minimum Gasteiger partial charge on any atom is -0.494 e. The number of methoxy groups -OCH3 is 2. The molecule has 0 atom stereocenters. The van der Waals surface area contributed by atoms with Gasteiger partial charge in [-0.05, 0) is 12.1 Å². The van der Waals surface area contributed by atoms with Crippen molar-refractivity contribution < 1.29 is 13.9 Å². The molecule has 0 aliphatic heterocycles. The molecule has 0 bridgehead atoms. The Hall–Kier alpha value is -2.08. The Morgan fingerprint density at radius 1 is 1.37 bits per heavy atom. The molecule has 19 heavy (non-hydrogen) atoms. The summed E-state index contributed by atoms with van der Waals surface area (Å²) in [7, 11) is 3.08. The van der Waals surface area contributed by atoms with E-state index in [4.69, 9.17) is 9.47 Å². The highest BCUT2D eigenvalue weighted by molar-refractivity contribution is 5.56. The Morgan fingerprint density at radius 2 is 2.21 bits per heavy atom. The first-order chi connectivity index (χ1) is 9.24. The van der Waals surface area contributed by atoms with Gasteiger partial charge in [0.25, 0.3) is 0 Å². The highest BCUT2D eigenvalue weighted by Gasteiger charge is 2.06. The maximum atomic E-state index is 13.3. The fourth-order valence-electron chi connectivity index (χ4n) is 1.67. The smallest absolute Gasteiger partial charge is 0.207 e. The number of nitrogens with zero attached hydrogens (tertiary/aromatic N) is 2. The molecule has 0 unspecified atom stereocenters. The molecule has 6 heteroatoms. The molecular weight excluding hydrogens is 249 g/mol. The number of rotatable bonds is 6. The average molecular weight is 265 g/mol. The van der Waals surface area contributed by atoms with E-state index in [2.05, 4.69) is 10.3 Å². The first-order valence-corrected chi connectivity index (χ1v) is 5.85. The van der Waals surface area contributed by atoms with Crippen LogP contribution in [0.25, 0.3) is 0 Å². The van der Waals surface area contributed by atoms with Crippen LogP contribution < -0.4 is 10.1 Å². The van der Waals surface area contributed by atoms with Crippen molar-refractivity contribution in [1.29, 1.82) is 0 Å². The van der Waals surface area contributed by atoms with Gasteiger partial charge in [0, 0.05) is 37.8 Å². The lowest BCUT2D eigenvalue weighted by Crippen LogP contribution is -2.07. The fraction of sp³-hybridized carbons (Fsp3) is 0.308. The Labute approximate surface area is 111 Å². The first-order valence-electron chi connectivity index (χ1n) is 5.85. The predicted molar refractivity (Wildman–Crippen MR) is 70.3 cm³/mol. The highest BCUT2D eigenvalue weighted by Crippen LogP contribution is 2.23. The number of benzene rings is 1. The molecule has 1 aromatic heterocycles. The topological polar surface area (TPSA) is 48.3 Å². The third kappa shape index (κ3) is 3.23. The lowest BCUT2D eigenvalue weighted by atomic mass is 10.3. The number of ether oxygens (including phenoxy) is 2. The monoisotopic (exact) mass is 265 g/mol. The van der Waals surface area contributed by atoms with Crippen LogP contribution >= 0.6 is 0 Å². The van der Waals surface area contributed by atoms with E-state index in [9.17, 15) is 4.39 Å². The van der Waals surface area contributed by atoms with Gasteiger partial charge in [0.2, 0.25) is 5.95 Å². The third-order valence-corrected chi connectivity index (χ3v) is 2.66. The summed E-state index contributed by atoms with van der Waals surface area (Å²) in [5.74, 6) is 0.474. The fourth-order valence-corrected chi connectivity index (χ4v) is 1.67. The van der Waals surface area contributed by atoms with Crippen LogP contribution in [-0.4, -0.2) is 30.4 Å². The largest absolute Gasteiger partial charge is 0.494 e. The van der Waals surface area contributed by atoms with Gasteiger partial charge >= 0.3 is 0 Å². The minimum absolute atomic E-state index is 0.194. The van der Waals surface area contributed by atoms with Crippen LogP contribution in [0.15, 0.2) is 30.6 Å². The second kappa shape index (κ2) is 6.19. The molecule has 2 aromatic rings. The number of halogens is 1. The van der Waals surface area contributed by atoms with Crippen molar-refractivity contribution in [3.63, 3.8) is 0 Å². The maximum Gasteiger partial charge on any atom is 0.207 e. The van der Waals surface area contributed by atoms with Gasteiger partial charge in [-0.2, -0.15) is 0 Å². The molecule has 0 radical (unpaired) electrons. The number of anilines is 2. The van der Waals surface area contributed by atoms with E-state index in [-0.39, 0.29) is 5.75 Å². The van der Waals surface area contributed by atoms with Gasteiger partial charge in [-0.1, -0.05) is 0 Å². The zero-order valence-electron chi connectivity index (χ0n) is 10.9. The van der Waals surface area contributed by atoms with Gasteiger partial charge in [0.1, 0.15) is 0 Å². The second-order valence-electron chi connectivity index (χ2n) is 3.91. The van der Waals surface area contributed by atoms with E-state index in [0.29, 0.717) is 24.8 Å². The lowest BCUT2D eigenvalue weighted by Gasteiger charge is -2.10. The van der Waals surface area contributed by atoms with E-state index in [1.165, 1.54) is 13.2 Å². The van der Waals surface area contributed by atoms with Crippen LogP contribution in [0.3, 0.4) is 0 Å². The molecule has 0 spiro atoms. The summed E-state index contributed by atoms with van der Waals surface area (Å²) in [5, 5.41) is 3.11. The molecule has 0 aliphatic carbocycles. The molecule has 2 rings (SSSR count). The SMILES string of the molecule is COCCn1ccnc1Nc1ccc(F)c(OC)c1. The number of nitrogens with one attached hydrogen (secondary N) is 1. The maximum absolute atomic E-state index is 13.3. The van der Waals surface area contributed by atoms with Gasteiger partial charge in [0.15, 0.2) is 11.6 Å². The summed E-state index contributed by atoms with van der Waals surface area (Å²) in [5.41, 5.74) is 0.711. The number of hydrogen-bond donors (Lipinski definition) is 1. The molecule has 0 saturated carbocycles. The van der Waals surface area contributed by atoms with Crippen molar-refractivity contribution in [2.45, 2.75) is 6.54 Å². The summed E-state index contributed by atoms with van der Waals surface area (Å²) in [6.45, 7) is 1.29. The van der Waals surface area contributed by atoms with E-state index < -0.39 is 5.82 Å². The zero-order valence-corrected chi connectivity index (χ0v) is 10.9. The zero-order chi connectivity index (χ0) is 13.7. The highest BCUT2D eigenvalue weighted by atomic mass is 19.1. The Morgan fingerprint density at radius 3 is 2.95 bits per heavy atom. The predicted octanol–water partition coefficient (Wildman–Crippen LogP) is 2.42. The molecule has 0 saturated heterocycles. The molecule has 0 amide bonds. The summed E-state index contributed by atoms with van der Waals surface area (Å²) >= 11 is 0. The van der Waals surface area contributed by atoms with Crippen molar-refractivity contribution in [1.82, 2.24) is 9.55 Å². The summed E-state index contributed by atoms with van der Waals surface area (Å²) in [6, 6.07) is 4.57. The van der Waals surface area contributed by atoms with Crippen molar-refractivity contribution in [3.05, 3.63) is 36.4 Å². The quantitative estimate of drug-likeness (QED) is 0.871. The first kappa shape index (κ1) is 13.4. The summed E-state index contributed by atoms with van der Waals surface area (Å²) in [4.78, 5) is 4.20. The molecule has 0 aliphatic rings. The number of imidazole rings is 1. The second-order valence-corrected chi connectivity index (χ2v) is 3.91. The van der Waals surface area contributed by atoms with Gasteiger partial charge in [0.05, 0.1) is 13.7 Å². The Balaban J connectivity index is 2.14. The van der Waals surface area contributed by atoms with Gasteiger partial charge in [-0.15, -0.1) is 0 Å². The molecule has 1 aromatic carbocycles. The van der Waals surface area contributed by atoms with Gasteiger partial charge < -0.3 is 19.4 Å². The van der Waals surface area contributed by atoms with E-state index in [0.717, 1.165) is 0 Å². The number of hydrogen-bond acceptors (Lipinski definition) is 4. The normalized spacial score (nSPS) is 10.5. The van der Waals surface area contributed by atoms with Crippen LogP contribution in [0.1, 0.15) is 0 Å². The van der Waals surface area contributed by atoms with Crippen LogP contribution in [0, 0.1) is 5.82 Å². The molecular formula is C13H16FN3O2. The van der Waals surface area contributed by atoms with Crippen LogP contribution in [0.2, 0.25) is 0 Å². The summed E-state index contributed by atoms with van der Waals surface area (Å²) in [6.07, 6.45) is 3.54. The van der Waals surface area contributed by atoms with Gasteiger partial charge in [-0.25, -0.2) is 9.37 Å². The number of aromatic nitrogens is 2. The van der Waals surface area contributed by atoms with Crippen molar-refractivity contribution in [2.75, 3.05) is 26.1 Å². The standard InChI is InChI=1S/C13H16FN3O2/c1-18-8-7-17-6-5-15-13(17)16-10-3-4-11(14)12(9-10)19-2/h3-6,9H,7-8H2,1-2H3,(H,15,16). The molecule has 102 valence electrons. The minimum atomic E-state index is -0.393. The summed E-state index contributed by atoms with van der Waals surface area (Å²) < 4.78 is 25.2. The molecule has 1 N–H and O–H groups in total. The van der Waals surface area contributed by atoms with E-state index in [1.54, 1.807) is 25.4 Å². The van der Waals surface area contributed by atoms with Crippen molar-refractivity contribution in [3.8, 4) is 5.75 Å².